The van der Waals surface area contributed by atoms with E-state index in [0.717, 1.165) is 31.5 Å². The molecule has 4 nitrogen and oxygen atoms in total. The number of piperidine rings is 1. The Morgan fingerprint density at radius 2 is 1.85 bits per heavy atom. The highest BCUT2D eigenvalue weighted by Gasteiger charge is 2.19. The number of nitrogens with zero attached hydrogens (tertiary/aromatic N) is 1. The molecule has 0 radical (unpaired) electrons. The topological polar surface area (TPSA) is 49.4 Å². The molecule has 0 aromatic heterocycles. The number of nitrogens with one attached hydrogen (secondary N) is 1. The zero-order chi connectivity index (χ0) is 14.6. The molecule has 1 aromatic rings. The largest absolute Gasteiger partial charge is 0.306 e. The van der Waals surface area contributed by atoms with Gasteiger partial charge in [0.25, 0.3) is 0 Å². The van der Waals surface area contributed by atoms with Crippen LogP contribution in [0.25, 0.3) is 0 Å². The van der Waals surface area contributed by atoms with Crippen LogP contribution in [0.2, 0.25) is 5.02 Å². The Hall–Kier alpha value is -0.620. The molecule has 2 rings (SSSR count). The summed E-state index contributed by atoms with van der Waals surface area (Å²) in [7, 11) is -1.17. The van der Waals surface area contributed by atoms with E-state index in [4.69, 9.17) is 11.6 Å². The molecule has 0 saturated carbocycles. The summed E-state index contributed by atoms with van der Waals surface area (Å²) in [6, 6.07) is 6.92. The van der Waals surface area contributed by atoms with E-state index in [1.165, 1.54) is 0 Å². The van der Waals surface area contributed by atoms with Crippen LogP contribution in [0.4, 0.5) is 0 Å². The Labute approximate surface area is 126 Å². The number of hydrogen-bond donors (Lipinski definition) is 1. The van der Waals surface area contributed by atoms with E-state index < -0.39 is 10.0 Å². The smallest absolute Gasteiger partial charge is 0.215 e. The van der Waals surface area contributed by atoms with Crippen LogP contribution in [0, 0.1) is 5.92 Å². The third kappa shape index (κ3) is 5.05. The molecule has 0 unspecified atom stereocenters. The van der Waals surface area contributed by atoms with Gasteiger partial charge in [-0.05, 0) is 56.6 Å². The third-order valence-corrected chi connectivity index (χ3v) is 5.27. The van der Waals surface area contributed by atoms with Crippen LogP contribution in [0.3, 0.4) is 0 Å². The molecule has 20 heavy (non-hydrogen) atoms. The maximum absolute atomic E-state index is 12.0. The predicted octanol–water partition coefficient (Wildman–Crippen LogP) is 2.10. The first-order chi connectivity index (χ1) is 9.44. The van der Waals surface area contributed by atoms with Gasteiger partial charge in [0.15, 0.2) is 0 Å². The lowest BCUT2D eigenvalue weighted by Gasteiger charge is -2.28. The van der Waals surface area contributed by atoms with Crippen LogP contribution in [0.15, 0.2) is 24.3 Å². The maximum Gasteiger partial charge on any atom is 0.215 e. The van der Waals surface area contributed by atoms with E-state index in [2.05, 4.69) is 16.7 Å². The molecule has 1 fully saturated rings. The molecule has 0 amide bonds. The zero-order valence-corrected chi connectivity index (χ0v) is 13.3. The Morgan fingerprint density at radius 1 is 1.25 bits per heavy atom. The molecule has 1 heterocycles. The zero-order valence-electron chi connectivity index (χ0n) is 11.7. The second kappa shape index (κ2) is 6.89. The van der Waals surface area contributed by atoms with Crippen molar-refractivity contribution in [1.82, 2.24) is 9.62 Å². The molecule has 1 aliphatic heterocycles. The lowest BCUT2D eigenvalue weighted by molar-refractivity contribution is 0.220. The van der Waals surface area contributed by atoms with Crippen molar-refractivity contribution < 1.29 is 8.42 Å². The average molecular weight is 317 g/mol. The molecular weight excluding hydrogens is 296 g/mol. The molecule has 1 aliphatic rings. The van der Waals surface area contributed by atoms with E-state index in [0.29, 0.717) is 17.5 Å². The Balaban J connectivity index is 1.83. The van der Waals surface area contributed by atoms with Gasteiger partial charge in [0.1, 0.15) is 0 Å². The molecule has 1 saturated heterocycles. The fourth-order valence-electron chi connectivity index (χ4n) is 2.36. The van der Waals surface area contributed by atoms with Crippen molar-refractivity contribution in [2.75, 3.05) is 26.7 Å². The first-order valence-corrected chi connectivity index (χ1v) is 8.88. The monoisotopic (exact) mass is 316 g/mol. The standard InChI is InChI=1S/C14H21ClN2O2S/c1-17-8-6-12(7-9-17)10-16-20(18,19)11-13-2-4-14(15)5-3-13/h2-5,12,16H,6-11H2,1H3. The van der Waals surface area contributed by atoms with Gasteiger partial charge in [0, 0.05) is 11.6 Å². The van der Waals surface area contributed by atoms with Crippen molar-refractivity contribution >= 4 is 21.6 Å². The van der Waals surface area contributed by atoms with Gasteiger partial charge < -0.3 is 4.90 Å². The van der Waals surface area contributed by atoms with Crippen molar-refractivity contribution in [3.63, 3.8) is 0 Å². The van der Waals surface area contributed by atoms with Crippen LogP contribution in [0.5, 0.6) is 0 Å². The molecule has 6 heteroatoms. The Morgan fingerprint density at radius 3 is 2.45 bits per heavy atom. The third-order valence-electron chi connectivity index (χ3n) is 3.70. The maximum atomic E-state index is 12.0. The molecule has 112 valence electrons. The highest BCUT2D eigenvalue weighted by Crippen LogP contribution is 2.16. The van der Waals surface area contributed by atoms with Crippen LogP contribution in [-0.2, 0) is 15.8 Å². The summed E-state index contributed by atoms with van der Waals surface area (Å²) in [5.74, 6) is 0.461. The lowest BCUT2D eigenvalue weighted by Crippen LogP contribution is -2.37. The van der Waals surface area contributed by atoms with E-state index in [1.54, 1.807) is 24.3 Å². The normalized spacial score (nSPS) is 18.3. The SMILES string of the molecule is CN1CCC(CNS(=O)(=O)Cc2ccc(Cl)cc2)CC1. The second-order valence-electron chi connectivity index (χ2n) is 5.48. The second-order valence-corrected chi connectivity index (χ2v) is 7.72. The van der Waals surface area contributed by atoms with Crippen molar-refractivity contribution in [3.05, 3.63) is 34.9 Å². The molecule has 0 spiro atoms. The fraction of sp³-hybridized carbons (Fsp3) is 0.571. The average Bonchev–Trinajstić information content (AvgIpc) is 2.41. The number of halogens is 1. The molecule has 0 bridgehead atoms. The predicted molar refractivity (Wildman–Crippen MR) is 82.3 cm³/mol. The summed E-state index contributed by atoms with van der Waals surface area (Å²) in [5.41, 5.74) is 0.755. The van der Waals surface area contributed by atoms with Crippen LogP contribution >= 0.6 is 11.6 Å². The summed E-state index contributed by atoms with van der Waals surface area (Å²) in [6.07, 6.45) is 2.11. The van der Waals surface area contributed by atoms with Crippen LogP contribution in [0.1, 0.15) is 18.4 Å². The highest BCUT2D eigenvalue weighted by atomic mass is 35.5. The van der Waals surface area contributed by atoms with Crippen molar-refractivity contribution in [1.29, 1.82) is 0 Å². The molecular formula is C14H21ClN2O2S. The van der Waals surface area contributed by atoms with Gasteiger partial charge in [-0.3, -0.25) is 0 Å². The van der Waals surface area contributed by atoms with E-state index in [-0.39, 0.29) is 5.75 Å². The Kier molecular flexibility index (Phi) is 5.43. The minimum Gasteiger partial charge on any atom is -0.306 e. The molecule has 1 aromatic carbocycles. The van der Waals surface area contributed by atoms with Crippen LogP contribution < -0.4 is 4.72 Å². The van der Waals surface area contributed by atoms with Gasteiger partial charge in [-0.1, -0.05) is 23.7 Å². The summed E-state index contributed by atoms with van der Waals surface area (Å²) in [5, 5.41) is 0.616. The highest BCUT2D eigenvalue weighted by molar-refractivity contribution is 7.88. The quantitative estimate of drug-likeness (QED) is 0.905. The van der Waals surface area contributed by atoms with E-state index >= 15 is 0 Å². The van der Waals surface area contributed by atoms with E-state index in [1.807, 2.05) is 0 Å². The van der Waals surface area contributed by atoms with Gasteiger partial charge in [0.05, 0.1) is 5.75 Å². The van der Waals surface area contributed by atoms with Gasteiger partial charge in [-0.25, -0.2) is 13.1 Å². The molecule has 1 N–H and O–H groups in total. The van der Waals surface area contributed by atoms with Crippen molar-refractivity contribution in [3.8, 4) is 0 Å². The number of rotatable bonds is 5. The van der Waals surface area contributed by atoms with Gasteiger partial charge >= 0.3 is 0 Å². The minimum atomic E-state index is -3.27. The minimum absolute atomic E-state index is 0.0107. The lowest BCUT2D eigenvalue weighted by atomic mass is 9.98. The van der Waals surface area contributed by atoms with Gasteiger partial charge in [-0.2, -0.15) is 0 Å². The molecule has 0 aliphatic carbocycles. The number of hydrogen-bond acceptors (Lipinski definition) is 3. The Bertz CT molecular complexity index is 523. The summed E-state index contributed by atoms with van der Waals surface area (Å²) >= 11 is 5.79. The summed E-state index contributed by atoms with van der Waals surface area (Å²) in [6.45, 7) is 2.64. The number of likely N-dealkylation sites (tertiary alicyclic amines) is 1. The van der Waals surface area contributed by atoms with Crippen LogP contribution in [-0.4, -0.2) is 40.0 Å². The summed E-state index contributed by atoms with van der Waals surface area (Å²) in [4.78, 5) is 2.28. The number of sulfonamides is 1. The first kappa shape index (κ1) is 15.8. The van der Waals surface area contributed by atoms with Gasteiger partial charge in [0.2, 0.25) is 10.0 Å². The first-order valence-electron chi connectivity index (χ1n) is 6.85. The van der Waals surface area contributed by atoms with Crippen molar-refractivity contribution in [2.45, 2.75) is 18.6 Å². The van der Waals surface area contributed by atoms with Gasteiger partial charge in [-0.15, -0.1) is 0 Å². The molecule has 0 atom stereocenters. The van der Waals surface area contributed by atoms with Crippen molar-refractivity contribution in [2.24, 2.45) is 5.92 Å². The number of benzene rings is 1. The fourth-order valence-corrected chi connectivity index (χ4v) is 3.71. The summed E-state index contributed by atoms with van der Waals surface area (Å²) < 4.78 is 26.8. The van der Waals surface area contributed by atoms with E-state index in [9.17, 15) is 8.42 Å².